The van der Waals surface area contributed by atoms with E-state index < -0.39 is 0 Å². The first kappa shape index (κ1) is 15.3. The average Bonchev–Trinajstić information content (AvgIpc) is 2.24. The zero-order valence-electron chi connectivity index (χ0n) is 11.3. The molecule has 1 rings (SSSR count). The summed E-state index contributed by atoms with van der Waals surface area (Å²) in [5.74, 6) is 0.298. The highest BCUT2D eigenvalue weighted by Crippen LogP contribution is 2.26. The molecule has 3 nitrogen and oxygen atoms in total. The van der Waals surface area contributed by atoms with E-state index >= 15 is 0 Å². The van der Waals surface area contributed by atoms with Crippen molar-refractivity contribution >= 4 is 11.6 Å². The molecule has 0 aliphatic rings. The second-order valence-corrected chi connectivity index (χ2v) is 5.91. The predicted molar refractivity (Wildman–Crippen MR) is 75.0 cm³/mol. The van der Waals surface area contributed by atoms with Gasteiger partial charge >= 0.3 is 0 Å². The van der Waals surface area contributed by atoms with Crippen LogP contribution < -0.4 is 5.32 Å². The van der Waals surface area contributed by atoms with Gasteiger partial charge < -0.3 is 15.5 Å². The highest BCUT2D eigenvalue weighted by atomic mass is 35.5. The number of benzene rings is 1. The monoisotopic (exact) mass is 271 g/mol. The lowest BCUT2D eigenvalue weighted by Gasteiger charge is -2.24. The molecule has 0 aliphatic heterocycles. The highest BCUT2D eigenvalue weighted by Gasteiger charge is 2.16. The van der Waals surface area contributed by atoms with E-state index in [9.17, 15) is 5.11 Å². The maximum Gasteiger partial charge on any atom is 0.123 e. The van der Waals surface area contributed by atoms with Gasteiger partial charge in [0.05, 0.1) is 0 Å². The summed E-state index contributed by atoms with van der Waals surface area (Å²) in [4.78, 5) is 0. The van der Waals surface area contributed by atoms with Gasteiger partial charge in [0.2, 0.25) is 0 Å². The Morgan fingerprint density at radius 2 is 2.00 bits per heavy atom. The smallest absolute Gasteiger partial charge is 0.123 e. The van der Waals surface area contributed by atoms with Crippen molar-refractivity contribution in [2.75, 3.05) is 13.2 Å². The molecule has 0 aromatic heterocycles. The molecule has 18 heavy (non-hydrogen) atoms. The molecule has 0 heterocycles. The quantitative estimate of drug-likeness (QED) is 0.746. The number of aliphatic hydroxyl groups is 1. The molecule has 4 heteroatoms. The van der Waals surface area contributed by atoms with Crippen molar-refractivity contribution < 1.29 is 10.2 Å². The number of phenols is 1. The third-order valence-corrected chi connectivity index (χ3v) is 3.27. The summed E-state index contributed by atoms with van der Waals surface area (Å²) in [6.07, 6.45) is 0.751. The van der Waals surface area contributed by atoms with Crippen LogP contribution >= 0.6 is 11.6 Å². The van der Waals surface area contributed by atoms with E-state index in [1.165, 1.54) is 0 Å². The standard InChI is InChI=1S/C14H22ClNO2/c1-10-6-12(15)7-11(13(10)18)8-16-9-14(2,3)4-5-17/h6-7,16-18H,4-5,8-9H2,1-3H3. The second kappa shape index (κ2) is 6.41. The molecule has 1 aromatic carbocycles. The molecule has 0 unspecified atom stereocenters. The first-order valence-electron chi connectivity index (χ1n) is 6.15. The van der Waals surface area contributed by atoms with Crippen molar-refractivity contribution in [3.63, 3.8) is 0 Å². The Balaban J connectivity index is 2.59. The van der Waals surface area contributed by atoms with Crippen molar-refractivity contribution in [1.82, 2.24) is 5.32 Å². The molecule has 0 amide bonds. The van der Waals surface area contributed by atoms with Crippen molar-refractivity contribution in [2.24, 2.45) is 5.41 Å². The van der Waals surface area contributed by atoms with Crippen LogP contribution in [-0.4, -0.2) is 23.4 Å². The van der Waals surface area contributed by atoms with E-state index in [1.54, 1.807) is 12.1 Å². The summed E-state index contributed by atoms with van der Waals surface area (Å²) >= 11 is 5.97. The number of hydrogen-bond donors (Lipinski definition) is 3. The van der Waals surface area contributed by atoms with Crippen LogP contribution in [0, 0.1) is 12.3 Å². The van der Waals surface area contributed by atoms with E-state index in [2.05, 4.69) is 19.2 Å². The zero-order chi connectivity index (χ0) is 13.8. The Morgan fingerprint density at radius 1 is 1.33 bits per heavy atom. The lowest BCUT2D eigenvalue weighted by molar-refractivity contribution is 0.207. The molecule has 0 atom stereocenters. The molecule has 1 aromatic rings. The van der Waals surface area contributed by atoms with E-state index in [1.807, 2.05) is 6.92 Å². The summed E-state index contributed by atoms with van der Waals surface area (Å²) in [7, 11) is 0. The number of rotatable bonds is 6. The summed E-state index contributed by atoms with van der Waals surface area (Å²) in [5, 5.41) is 22.8. The van der Waals surface area contributed by atoms with Gasteiger partial charge in [0.15, 0.2) is 0 Å². The molecular weight excluding hydrogens is 250 g/mol. The minimum Gasteiger partial charge on any atom is -0.507 e. The van der Waals surface area contributed by atoms with Crippen LogP contribution in [0.25, 0.3) is 0 Å². The van der Waals surface area contributed by atoms with Crippen molar-refractivity contribution in [2.45, 2.75) is 33.7 Å². The topological polar surface area (TPSA) is 52.5 Å². The number of nitrogens with one attached hydrogen (secondary N) is 1. The van der Waals surface area contributed by atoms with E-state index in [4.69, 9.17) is 16.7 Å². The molecule has 0 bridgehead atoms. The molecule has 0 radical (unpaired) electrons. The molecule has 0 aliphatic carbocycles. The molecule has 0 fully saturated rings. The summed E-state index contributed by atoms with van der Waals surface area (Å²) < 4.78 is 0. The number of halogens is 1. The first-order valence-corrected chi connectivity index (χ1v) is 6.53. The van der Waals surface area contributed by atoms with E-state index in [0.717, 1.165) is 24.1 Å². The summed E-state index contributed by atoms with van der Waals surface area (Å²) in [5.41, 5.74) is 1.63. The minimum absolute atomic E-state index is 0.0397. The highest BCUT2D eigenvalue weighted by molar-refractivity contribution is 6.30. The maximum absolute atomic E-state index is 9.92. The number of aliphatic hydroxyl groups excluding tert-OH is 1. The fourth-order valence-electron chi connectivity index (χ4n) is 1.87. The van der Waals surface area contributed by atoms with Crippen LogP contribution in [0.1, 0.15) is 31.4 Å². The number of aryl methyl sites for hydroxylation is 1. The van der Waals surface area contributed by atoms with Gasteiger partial charge in [-0.2, -0.15) is 0 Å². The summed E-state index contributed by atoms with van der Waals surface area (Å²) in [6, 6.07) is 3.52. The zero-order valence-corrected chi connectivity index (χ0v) is 12.0. The molecule has 3 N–H and O–H groups in total. The van der Waals surface area contributed by atoms with Gasteiger partial charge in [0, 0.05) is 30.3 Å². The average molecular weight is 272 g/mol. The number of aromatic hydroxyl groups is 1. The van der Waals surface area contributed by atoms with Gasteiger partial charge in [-0.05, 0) is 36.5 Å². The lowest BCUT2D eigenvalue weighted by Crippen LogP contribution is -2.29. The van der Waals surface area contributed by atoms with Crippen molar-refractivity contribution in [3.05, 3.63) is 28.3 Å². The molecule has 0 saturated carbocycles. The van der Waals surface area contributed by atoms with Gasteiger partial charge in [0.1, 0.15) is 5.75 Å². The fraction of sp³-hybridized carbons (Fsp3) is 0.571. The molecular formula is C14H22ClNO2. The normalized spacial score (nSPS) is 11.8. The van der Waals surface area contributed by atoms with E-state index in [-0.39, 0.29) is 12.0 Å². The second-order valence-electron chi connectivity index (χ2n) is 5.47. The maximum atomic E-state index is 9.92. The van der Waals surface area contributed by atoms with Gasteiger partial charge in [-0.3, -0.25) is 0 Å². The van der Waals surface area contributed by atoms with Gasteiger partial charge in [-0.1, -0.05) is 25.4 Å². The molecule has 0 spiro atoms. The van der Waals surface area contributed by atoms with Crippen LogP contribution in [-0.2, 0) is 6.54 Å². The van der Waals surface area contributed by atoms with E-state index in [0.29, 0.717) is 17.3 Å². The van der Waals surface area contributed by atoms with Crippen LogP contribution in [0.4, 0.5) is 0 Å². The van der Waals surface area contributed by atoms with Crippen LogP contribution in [0.2, 0.25) is 5.02 Å². The Morgan fingerprint density at radius 3 is 2.61 bits per heavy atom. The lowest BCUT2D eigenvalue weighted by atomic mass is 9.89. The van der Waals surface area contributed by atoms with Crippen LogP contribution in [0.5, 0.6) is 5.75 Å². The van der Waals surface area contributed by atoms with Crippen molar-refractivity contribution in [3.8, 4) is 5.75 Å². The van der Waals surface area contributed by atoms with Crippen molar-refractivity contribution in [1.29, 1.82) is 0 Å². The first-order chi connectivity index (χ1) is 8.35. The number of phenolic OH excluding ortho intramolecular Hbond substituents is 1. The fourth-order valence-corrected chi connectivity index (χ4v) is 2.16. The van der Waals surface area contributed by atoms with Crippen LogP contribution in [0.3, 0.4) is 0 Å². The van der Waals surface area contributed by atoms with Crippen LogP contribution in [0.15, 0.2) is 12.1 Å². The van der Waals surface area contributed by atoms with Gasteiger partial charge in [-0.25, -0.2) is 0 Å². The SMILES string of the molecule is Cc1cc(Cl)cc(CNCC(C)(C)CCO)c1O. The third-order valence-electron chi connectivity index (χ3n) is 3.05. The third kappa shape index (κ3) is 4.48. The number of hydrogen-bond acceptors (Lipinski definition) is 3. The summed E-state index contributed by atoms with van der Waals surface area (Å²) in [6.45, 7) is 7.57. The Kier molecular flexibility index (Phi) is 5.45. The Hall–Kier alpha value is -0.770. The Bertz CT molecular complexity index is 405. The molecule has 0 saturated heterocycles. The minimum atomic E-state index is 0.0397. The predicted octanol–water partition coefficient (Wildman–Crippen LogP) is 2.85. The molecule has 102 valence electrons. The largest absolute Gasteiger partial charge is 0.507 e. The Labute approximate surface area is 114 Å². The van der Waals surface area contributed by atoms with Gasteiger partial charge in [0.25, 0.3) is 0 Å². The van der Waals surface area contributed by atoms with Gasteiger partial charge in [-0.15, -0.1) is 0 Å².